The van der Waals surface area contributed by atoms with Crippen LogP contribution in [-0.2, 0) is 0 Å². The molecule has 0 atom stereocenters. The molecule has 1 aliphatic heterocycles. The number of nitrogen functional groups attached to an aromatic ring is 1. The first-order valence-electron chi connectivity index (χ1n) is 11.0. The summed E-state index contributed by atoms with van der Waals surface area (Å²) in [4.78, 5) is 22.3. The van der Waals surface area contributed by atoms with Crippen LogP contribution in [0.15, 0.2) is 48.8 Å². The third kappa shape index (κ3) is 4.00. The number of benzene rings is 1. The number of halogens is 1. The summed E-state index contributed by atoms with van der Waals surface area (Å²) in [5.74, 6) is 0.874. The summed E-state index contributed by atoms with van der Waals surface area (Å²) in [6.07, 6.45) is 2.82. The fourth-order valence-corrected chi connectivity index (χ4v) is 4.24. The Morgan fingerprint density at radius 2 is 1.67 bits per heavy atom. The van der Waals surface area contributed by atoms with Crippen LogP contribution in [0.4, 0.5) is 16.2 Å². The molecule has 1 aromatic carbocycles. The van der Waals surface area contributed by atoms with E-state index in [0.29, 0.717) is 5.56 Å². The molecule has 9 heteroatoms. The van der Waals surface area contributed by atoms with Crippen LogP contribution in [-0.4, -0.2) is 61.1 Å². The molecular formula is C24H27FN8. The van der Waals surface area contributed by atoms with Gasteiger partial charge in [0.2, 0.25) is 11.9 Å². The fourth-order valence-electron chi connectivity index (χ4n) is 4.24. The zero-order chi connectivity index (χ0) is 23.2. The number of hydrogen-bond donors (Lipinski definition) is 1. The van der Waals surface area contributed by atoms with Gasteiger partial charge in [-0.3, -0.25) is 4.90 Å². The number of hydrogen-bond acceptors (Lipinski definition) is 7. The fraction of sp³-hybridized carbons (Fsp3) is 0.333. The minimum Gasteiger partial charge on any atom is -0.369 e. The van der Waals surface area contributed by atoms with Crippen molar-refractivity contribution in [1.29, 1.82) is 0 Å². The lowest BCUT2D eigenvalue weighted by Crippen LogP contribution is -2.53. The summed E-state index contributed by atoms with van der Waals surface area (Å²) in [5.41, 5.74) is 8.51. The maximum Gasteiger partial charge on any atom is 0.237 e. The van der Waals surface area contributed by atoms with Crippen LogP contribution in [0, 0.1) is 5.82 Å². The van der Waals surface area contributed by atoms with E-state index in [0.717, 1.165) is 49.2 Å². The molecule has 1 saturated heterocycles. The molecule has 0 amide bonds. The normalized spacial score (nSPS) is 15.3. The molecular weight excluding hydrogens is 419 g/mol. The van der Waals surface area contributed by atoms with Gasteiger partial charge in [-0.2, -0.15) is 0 Å². The second-order valence-electron chi connectivity index (χ2n) is 9.21. The lowest BCUT2D eigenvalue weighted by molar-refractivity contribution is 0.128. The Morgan fingerprint density at radius 1 is 0.909 bits per heavy atom. The predicted molar refractivity (Wildman–Crippen MR) is 128 cm³/mol. The molecule has 0 bridgehead atoms. The van der Waals surface area contributed by atoms with Gasteiger partial charge in [-0.05, 0) is 45.0 Å². The standard InChI is InChI=1S/C24H27FN8/c1-24(2,3)32-12-10-31(11-13-32)20-9-8-16(14-27-20)21-17(25)15-28-23(30-21)33-19-7-5-4-6-18(19)29-22(33)26/h4-9,14-15H,10-13H2,1-3H3,(H2,26,29). The Morgan fingerprint density at radius 3 is 2.36 bits per heavy atom. The maximum atomic E-state index is 14.7. The summed E-state index contributed by atoms with van der Waals surface area (Å²) in [5, 5.41) is 0. The van der Waals surface area contributed by atoms with Gasteiger partial charge in [0.15, 0.2) is 5.82 Å². The Hall–Kier alpha value is -3.59. The van der Waals surface area contributed by atoms with Crippen molar-refractivity contribution in [3.63, 3.8) is 0 Å². The Labute approximate surface area is 191 Å². The number of aromatic nitrogens is 5. The minimum absolute atomic E-state index is 0.162. The van der Waals surface area contributed by atoms with E-state index in [1.165, 1.54) is 0 Å². The van der Waals surface area contributed by atoms with E-state index < -0.39 is 5.82 Å². The molecule has 4 aromatic rings. The molecule has 2 N–H and O–H groups in total. The van der Waals surface area contributed by atoms with Crippen molar-refractivity contribution < 1.29 is 4.39 Å². The van der Waals surface area contributed by atoms with Gasteiger partial charge in [-0.1, -0.05) is 12.1 Å². The number of piperazine rings is 1. The molecule has 170 valence electrons. The zero-order valence-electron chi connectivity index (χ0n) is 19.0. The van der Waals surface area contributed by atoms with Gasteiger partial charge >= 0.3 is 0 Å². The van der Waals surface area contributed by atoms with Gasteiger partial charge in [0, 0.05) is 43.5 Å². The van der Waals surface area contributed by atoms with Crippen molar-refractivity contribution in [2.75, 3.05) is 36.8 Å². The highest BCUT2D eigenvalue weighted by Gasteiger charge is 2.26. The number of nitrogens with two attached hydrogens (primary N) is 1. The number of nitrogens with zero attached hydrogens (tertiary/aromatic N) is 7. The van der Waals surface area contributed by atoms with Crippen LogP contribution in [0.5, 0.6) is 0 Å². The molecule has 1 aliphatic rings. The van der Waals surface area contributed by atoms with E-state index in [2.05, 4.69) is 50.5 Å². The molecule has 3 aromatic heterocycles. The first-order valence-corrected chi connectivity index (χ1v) is 11.0. The minimum atomic E-state index is -0.518. The third-order valence-electron chi connectivity index (χ3n) is 6.09. The van der Waals surface area contributed by atoms with Gasteiger partial charge in [-0.15, -0.1) is 0 Å². The van der Waals surface area contributed by atoms with Gasteiger partial charge in [0.05, 0.1) is 17.2 Å². The molecule has 5 rings (SSSR count). The Bertz CT molecular complexity index is 1280. The number of anilines is 2. The topological polar surface area (TPSA) is 89.0 Å². The summed E-state index contributed by atoms with van der Waals surface area (Å²) in [7, 11) is 0. The van der Waals surface area contributed by atoms with Crippen LogP contribution in [0.3, 0.4) is 0 Å². The van der Waals surface area contributed by atoms with E-state index in [9.17, 15) is 4.39 Å². The highest BCUT2D eigenvalue weighted by molar-refractivity contribution is 5.80. The first-order chi connectivity index (χ1) is 15.8. The second-order valence-corrected chi connectivity index (χ2v) is 9.21. The maximum absolute atomic E-state index is 14.7. The van der Waals surface area contributed by atoms with Gasteiger partial charge < -0.3 is 10.6 Å². The van der Waals surface area contributed by atoms with Crippen molar-refractivity contribution >= 4 is 22.8 Å². The zero-order valence-corrected chi connectivity index (χ0v) is 19.0. The summed E-state index contributed by atoms with van der Waals surface area (Å²) in [6.45, 7) is 10.5. The Kier molecular flexibility index (Phi) is 5.20. The van der Waals surface area contributed by atoms with E-state index in [1.807, 2.05) is 36.4 Å². The van der Waals surface area contributed by atoms with Crippen molar-refractivity contribution in [3.05, 3.63) is 54.6 Å². The molecule has 8 nitrogen and oxygen atoms in total. The Balaban J connectivity index is 1.42. The molecule has 0 aliphatic carbocycles. The van der Waals surface area contributed by atoms with E-state index >= 15 is 0 Å². The number of fused-ring (bicyclic) bond motifs is 1. The molecule has 1 fully saturated rings. The van der Waals surface area contributed by atoms with Gasteiger partial charge in [0.25, 0.3) is 0 Å². The average Bonchev–Trinajstić information content (AvgIpc) is 3.15. The number of para-hydroxylation sites is 2. The molecule has 33 heavy (non-hydrogen) atoms. The molecule has 0 saturated carbocycles. The van der Waals surface area contributed by atoms with Crippen molar-refractivity contribution in [3.8, 4) is 17.2 Å². The van der Waals surface area contributed by atoms with Crippen LogP contribution >= 0.6 is 0 Å². The van der Waals surface area contributed by atoms with Gasteiger partial charge in [-0.25, -0.2) is 28.9 Å². The quantitative estimate of drug-likeness (QED) is 0.515. The highest BCUT2D eigenvalue weighted by atomic mass is 19.1. The molecule has 0 spiro atoms. The summed E-state index contributed by atoms with van der Waals surface area (Å²) >= 11 is 0. The van der Waals surface area contributed by atoms with Crippen molar-refractivity contribution in [1.82, 2.24) is 29.4 Å². The highest BCUT2D eigenvalue weighted by Crippen LogP contribution is 2.26. The monoisotopic (exact) mass is 446 g/mol. The number of pyridine rings is 1. The van der Waals surface area contributed by atoms with Gasteiger partial charge in [0.1, 0.15) is 11.5 Å². The van der Waals surface area contributed by atoms with Crippen molar-refractivity contribution in [2.24, 2.45) is 0 Å². The molecule has 4 heterocycles. The van der Waals surface area contributed by atoms with Crippen LogP contribution < -0.4 is 10.6 Å². The molecule has 0 unspecified atom stereocenters. The number of imidazole rings is 1. The summed E-state index contributed by atoms with van der Waals surface area (Å²) in [6, 6.07) is 11.3. The smallest absolute Gasteiger partial charge is 0.237 e. The van der Waals surface area contributed by atoms with Crippen LogP contribution in [0.1, 0.15) is 20.8 Å². The lowest BCUT2D eigenvalue weighted by atomic mass is 10.0. The van der Waals surface area contributed by atoms with Crippen LogP contribution in [0.25, 0.3) is 28.2 Å². The average molecular weight is 447 g/mol. The first kappa shape index (κ1) is 21.3. The van der Waals surface area contributed by atoms with Crippen molar-refractivity contribution in [2.45, 2.75) is 26.3 Å². The van der Waals surface area contributed by atoms with E-state index in [-0.39, 0.29) is 23.1 Å². The lowest BCUT2D eigenvalue weighted by Gasteiger charge is -2.42. The van der Waals surface area contributed by atoms with E-state index in [1.54, 1.807) is 10.8 Å². The molecule has 0 radical (unpaired) electrons. The number of rotatable bonds is 3. The van der Waals surface area contributed by atoms with E-state index in [4.69, 9.17) is 5.73 Å². The predicted octanol–water partition coefficient (Wildman–Crippen LogP) is 3.52. The third-order valence-corrected chi connectivity index (χ3v) is 6.09. The summed E-state index contributed by atoms with van der Waals surface area (Å²) < 4.78 is 16.3. The SMILES string of the molecule is CC(C)(C)N1CCN(c2ccc(-c3nc(-n4c(N)nc5ccccc54)ncc3F)cn2)CC1. The van der Waals surface area contributed by atoms with Crippen LogP contribution in [0.2, 0.25) is 0 Å². The largest absolute Gasteiger partial charge is 0.369 e. The second kappa shape index (κ2) is 8.08.